The Kier molecular flexibility index (Phi) is 5.32. The number of ether oxygens (including phenoxy) is 1. The summed E-state index contributed by atoms with van der Waals surface area (Å²) in [5, 5.41) is 2.74. The zero-order valence-electron chi connectivity index (χ0n) is 12.3. The van der Waals surface area contributed by atoms with Gasteiger partial charge in [0.25, 0.3) is 0 Å². The first-order chi connectivity index (χ1) is 10.2. The van der Waals surface area contributed by atoms with E-state index in [1.54, 1.807) is 6.20 Å². The molecule has 4 nitrogen and oxygen atoms in total. The molecule has 0 aliphatic rings. The van der Waals surface area contributed by atoms with E-state index in [2.05, 4.69) is 23.4 Å². The Morgan fingerprint density at radius 3 is 2.81 bits per heavy atom. The first-order valence-electron chi connectivity index (χ1n) is 7.09. The number of nitrogens with one attached hydrogen (secondary N) is 1. The van der Waals surface area contributed by atoms with Crippen LogP contribution in [0.2, 0.25) is 0 Å². The molecule has 1 aromatic heterocycles. The third-order valence-corrected chi connectivity index (χ3v) is 3.18. The van der Waals surface area contributed by atoms with Crippen molar-refractivity contribution in [1.29, 1.82) is 0 Å². The molecule has 4 heteroatoms. The van der Waals surface area contributed by atoms with Gasteiger partial charge in [-0.3, -0.25) is 10.3 Å². The van der Waals surface area contributed by atoms with Crippen LogP contribution in [-0.4, -0.2) is 17.7 Å². The highest BCUT2D eigenvalue weighted by Crippen LogP contribution is 2.26. The van der Waals surface area contributed by atoms with Gasteiger partial charge in [-0.1, -0.05) is 43.7 Å². The van der Waals surface area contributed by atoms with Crippen LogP contribution in [0, 0.1) is 13.1 Å². The third kappa shape index (κ3) is 4.05. The first kappa shape index (κ1) is 15.0. The molecule has 0 saturated carbocycles. The van der Waals surface area contributed by atoms with Gasteiger partial charge in [0.2, 0.25) is 0 Å². The SMILES string of the molecule is CCCCOC(=O)Nc1cn[c]c(-c2ccccc2)c1C. The summed E-state index contributed by atoms with van der Waals surface area (Å²) in [6.07, 6.45) is 5.97. The molecule has 21 heavy (non-hydrogen) atoms. The van der Waals surface area contributed by atoms with Crippen LogP contribution >= 0.6 is 0 Å². The van der Waals surface area contributed by atoms with Gasteiger partial charge in [-0.25, -0.2) is 4.79 Å². The van der Waals surface area contributed by atoms with E-state index >= 15 is 0 Å². The van der Waals surface area contributed by atoms with Gasteiger partial charge in [-0.2, -0.15) is 0 Å². The molecule has 1 N–H and O–H groups in total. The molecule has 1 amide bonds. The van der Waals surface area contributed by atoms with Gasteiger partial charge in [-0.05, 0) is 24.5 Å². The second-order valence-corrected chi connectivity index (χ2v) is 4.76. The Hall–Kier alpha value is -2.36. The molecule has 0 aliphatic carbocycles. The van der Waals surface area contributed by atoms with Gasteiger partial charge >= 0.3 is 6.09 Å². The van der Waals surface area contributed by atoms with Crippen molar-refractivity contribution in [3.8, 4) is 11.1 Å². The Bertz CT molecular complexity index is 597. The lowest BCUT2D eigenvalue weighted by molar-refractivity contribution is 0.160. The van der Waals surface area contributed by atoms with Crippen LogP contribution in [0.4, 0.5) is 10.5 Å². The molecule has 109 valence electrons. The number of rotatable bonds is 5. The number of carbonyl (C=O) groups is 1. The first-order valence-corrected chi connectivity index (χ1v) is 7.09. The fourth-order valence-electron chi connectivity index (χ4n) is 1.94. The summed E-state index contributed by atoms with van der Waals surface area (Å²) in [5.41, 5.74) is 3.46. The summed E-state index contributed by atoms with van der Waals surface area (Å²) in [7, 11) is 0. The number of amides is 1. The Balaban J connectivity index is 2.13. The van der Waals surface area contributed by atoms with Crippen molar-refractivity contribution >= 4 is 11.8 Å². The summed E-state index contributed by atoms with van der Waals surface area (Å²) < 4.78 is 5.10. The van der Waals surface area contributed by atoms with Gasteiger partial charge in [0, 0.05) is 5.56 Å². The van der Waals surface area contributed by atoms with Crippen molar-refractivity contribution in [1.82, 2.24) is 4.98 Å². The van der Waals surface area contributed by atoms with Gasteiger partial charge < -0.3 is 4.74 Å². The molecule has 0 saturated heterocycles. The van der Waals surface area contributed by atoms with Gasteiger partial charge in [0.05, 0.1) is 24.7 Å². The summed E-state index contributed by atoms with van der Waals surface area (Å²) in [4.78, 5) is 15.8. The molecule has 1 aromatic carbocycles. The maximum Gasteiger partial charge on any atom is 0.411 e. The van der Waals surface area contributed by atoms with Crippen molar-refractivity contribution in [2.24, 2.45) is 0 Å². The number of hydrogen-bond donors (Lipinski definition) is 1. The van der Waals surface area contributed by atoms with Crippen LogP contribution in [0.1, 0.15) is 25.3 Å². The molecule has 2 rings (SSSR count). The van der Waals surface area contributed by atoms with Crippen LogP contribution < -0.4 is 5.32 Å². The Morgan fingerprint density at radius 1 is 1.33 bits per heavy atom. The van der Waals surface area contributed by atoms with Gasteiger partial charge in [0.15, 0.2) is 0 Å². The number of unbranched alkanes of at least 4 members (excludes halogenated alkanes) is 1. The largest absolute Gasteiger partial charge is 0.449 e. The zero-order chi connectivity index (χ0) is 15.1. The van der Waals surface area contributed by atoms with E-state index in [-0.39, 0.29) is 0 Å². The zero-order valence-corrected chi connectivity index (χ0v) is 12.3. The number of carbonyl (C=O) groups excluding carboxylic acids is 1. The minimum Gasteiger partial charge on any atom is -0.449 e. The maximum atomic E-state index is 11.7. The number of pyridine rings is 1. The second kappa shape index (κ2) is 7.43. The highest BCUT2D eigenvalue weighted by Gasteiger charge is 2.10. The van der Waals surface area contributed by atoms with Gasteiger partial charge in [-0.15, -0.1) is 0 Å². The fourth-order valence-corrected chi connectivity index (χ4v) is 1.94. The summed E-state index contributed by atoms with van der Waals surface area (Å²) >= 11 is 0. The lowest BCUT2D eigenvalue weighted by Crippen LogP contribution is -2.15. The van der Waals surface area contributed by atoms with E-state index in [0.29, 0.717) is 12.3 Å². The standard InChI is InChI=1S/C17H19N2O2/c1-3-4-10-21-17(20)19-16-12-18-11-15(13(16)2)14-8-6-5-7-9-14/h5-9,12H,3-4,10H2,1-2H3,(H,19,20). The number of nitrogens with zero attached hydrogens (tertiary/aromatic N) is 1. The van der Waals surface area contributed by atoms with Crippen molar-refractivity contribution < 1.29 is 9.53 Å². The maximum absolute atomic E-state index is 11.7. The number of aromatic nitrogens is 1. The van der Waals surface area contributed by atoms with Crippen LogP contribution in [0.25, 0.3) is 11.1 Å². The molecule has 0 unspecified atom stereocenters. The minimum absolute atomic E-state index is 0.430. The molecule has 0 aliphatic heterocycles. The quantitative estimate of drug-likeness (QED) is 0.836. The number of hydrogen-bond acceptors (Lipinski definition) is 3. The molecular weight excluding hydrogens is 264 g/mol. The third-order valence-electron chi connectivity index (χ3n) is 3.18. The summed E-state index contributed by atoms with van der Waals surface area (Å²) in [5.74, 6) is 0. The van der Waals surface area contributed by atoms with E-state index in [4.69, 9.17) is 4.74 Å². The van der Waals surface area contributed by atoms with Crippen LogP contribution in [-0.2, 0) is 4.74 Å². The number of anilines is 1. The van der Waals surface area contributed by atoms with Crippen LogP contribution in [0.15, 0.2) is 36.5 Å². The second-order valence-electron chi connectivity index (χ2n) is 4.76. The smallest absolute Gasteiger partial charge is 0.411 e. The summed E-state index contributed by atoms with van der Waals surface area (Å²) in [6.45, 7) is 4.41. The van der Waals surface area contributed by atoms with E-state index in [1.807, 2.05) is 37.3 Å². The van der Waals surface area contributed by atoms with Crippen LogP contribution in [0.5, 0.6) is 0 Å². The van der Waals surface area contributed by atoms with Gasteiger partial charge in [0.1, 0.15) is 0 Å². The molecular formula is C17H19N2O2. The van der Waals surface area contributed by atoms with Crippen molar-refractivity contribution in [3.05, 3.63) is 48.3 Å². The van der Waals surface area contributed by atoms with E-state index < -0.39 is 6.09 Å². The molecule has 0 fully saturated rings. The Labute approximate surface area is 125 Å². The normalized spacial score (nSPS) is 10.2. The highest BCUT2D eigenvalue weighted by atomic mass is 16.5. The molecule has 2 aromatic rings. The van der Waals surface area contributed by atoms with Crippen molar-refractivity contribution in [2.45, 2.75) is 26.7 Å². The molecule has 1 heterocycles. The minimum atomic E-state index is -0.446. The predicted octanol–water partition coefficient (Wildman–Crippen LogP) is 4.21. The highest BCUT2D eigenvalue weighted by molar-refractivity contribution is 5.87. The number of benzene rings is 1. The van der Waals surface area contributed by atoms with E-state index in [9.17, 15) is 4.79 Å². The average Bonchev–Trinajstić information content (AvgIpc) is 2.50. The fraction of sp³-hybridized carbons (Fsp3) is 0.294. The topological polar surface area (TPSA) is 51.2 Å². The van der Waals surface area contributed by atoms with E-state index in [0.717, 1.165) is 29.5 Å². The molecule has 0 bridgehead atoms. The van der Waals surface area contributed by atoms with E-state index in [1.165, 1.54) is 0 Å². The average molecular weight is 283 g/mol. The molecule has 0 spiro atoms. The predicted molar refractivity (Wildman–Crippen MR) is 83.1 cm³/mol. The monoisotopic (exact) mass is 283 g/mol. The van der Waals surface area contributed by atoms with Crippen molar-refractivity contribution in [2.75, 3.05) is 11.9 Å². The van der Waals surface area contributed by atoms with Crippen LogP contribution in [0.3, 0.4) is 0 Å². The lowest BCUT2D eigenvalue weighted by atomic mass is 10.0. The molecule has 0 atom stereocenters. The van der Waals surface area contributed by atoms with Crippen molar-refractivity contribution in [3.63, 3.8) is 0 Å². The summed E-state index contributed by atoms with van der Waals surface area (Å²) in [6, 6.07) is 9.86. The Morgan fingerprint density at radius 2 is 2.10 bits per heavy atom. The lowest BCUT2D eigenvalue weighted by Gasteiger charge is -2.11. The molecule has 1 radical (unpaired) electrons.